The van der Waals surface area contributed by atoms with Gasteiger partial charge in [-0.1, -0.05) is 11.8 Å². The summed E-state index contributed by atoms with van der Waals surface area (Å²) in [6.07, 6.45) is 12.9. The second-order valence-corrected chi connectivity index (χ2v) is 7.98. The smallest absolute Gasteiger partial charge is 0.187 e. The first-order valence-electron chi connectivity index (χ1n) is 9.03. The third-order valence-electron chi connectivity index (χ3n) is 5.46. The lowest BCUT2D eigenvalue weighted by Gasteiger charge is -2.43. The molecule has 2 aliphatic heterocycles. The maximum absolute atomic E-state index is 10.0. The summed E-state index contributed by atoms with van der Waals surface area (Å²) >= 11 is 1.57. The number of aliphatic hydroxyl groups is 1. The minimum absolute atomic E-state index is 0.0533. The van der Waals surface area contributed by atoms with Crippen molar-refractivity contribution in [3.8, 4) is 0 Å². The average molecular weight is 352 g/mol. The maximum atomic E-state index is 10.0. The van der Waals surface area contributed by atoms with Crippen LogP contribution in [0.2, 0.25) is 0 Å². The second kappa shape index (κ2) is 8.61. The van der Waals surface area contributed by atoms with Crippen LogP contribution < -0.4 is 0 Å². The van der Waals surface area contributed by atoms with Crippen LogP contribution >= 0.6 is 11.8 Å². The molecule has 6 heteroatoms. The monoisotopic (exact) mass is 351 g/mol. The number of hydrogen-bond donors (Lipinski definition) is 1. The zero-order chi connectivity index (χ0) is 16.8. The van der Waals surface area contributed by atoms with Crippen LogP contribution in [0.15, 0.2) is 17.6 Å². The Balaban J connectivity index is 1.51. The van der Waals surface area contributed by atoms with E-state index in [-0.39, 0.29) is 12.0 Å². The van der Waals surface area contributed by atoms with Gasteiger partial charge in [0.25, 0.3) is 0 Å². The minimum Gasteiger partial charge on any atom is -0.396 e. The largest absolute Gasteiger partial charge is 0.396 e. The van der Waals surface area contributed by atoms with Crippen LogP contribution in [0.1, 0.15) is 44.1 Å². The van der Waals surface area contributed by atoms with Crippen LogP contribution in [0.3, 0.4) is 0 Å². The molecule has 2 saturated heterocycles. The third-order valence-corrected chi connectivity index (χ3v) is 6.03. The fourth-order valence-electron chi connectivity index (χ4n) is 3.85. The number of thioether (sulfide) groups is 1. The van der Waals surface area contributed by atoms with E-state index in [1.165, 1.54) is 18.4 Å². The Kier molecular flexibility index (Phi) is 6.49. The number of aromatic nitrogens is 2. The van der Waals surface area contributed by atoms with Gasteiger partial charge in [-0.25, -0.2) is 9.97 Å². The van der Waals surface area contributed by atoms with E-state index in [4.69, 9.17) is 4.74 Å². The molecule has 1 aromatic rings. The number of aliphatic hydroxyl groups excluding tert-OH is 1. The van der Waals surface area contributed by atoms with E-state index in [9.17, 15) is 5.11 Å². The van der Waals surface area contributed by atoms with Crippen molar-refractivity contribution >= 4 is 11.8 Å². The number of rotatable bonds is 6. The Morgan fingerprint density at radius 1 is 1.29 bits per heavy atom. The molecular weight excluding hydrogens is 322 g/mol. The van der Waals surface area contributed by atoms with Crippen molar-refractivity contribution < 1.29 is 9.84 Å². The molecule has 2 fully saturated rings. The van der Waals surface area contributed by atoms with Gasteiger partial charge >= 0.3 is 0 Å². The highest BCUT2D eigenvalue weighted by molar-refractivity contribution is 7.98. The molecule has 1 N–H and O–H groups in total. The standard InChI is InChI=1S/C18H29N3O2S/c1-24-17-19-11-15(12-20-17)13-21-7-5-18(14-22,6-8-21)10-16-4-2-3-9-23-16/h11-12,16,22H,2-10,13-14H2,1H3. The van der Waals surface area contributed by atoms with Crippen molar-refractivity contribution in [1.82, 2.24) is 14.9 Å². The van der Waals surface area contributed by atoms with E-state index in [0.29, 0.717) is 6.10 Å². The van der Waals surface area contributed by atoms with Crippen molar-refractivity contribution in [2.24, 2.45) is 5.41 Å². The molecule has 2 aliphatic rings. The topological polar surface area (TPSA) is 58.5 Å². The molecule has 3 rings (SSSR count). The molecule has 0 bridgehead atoms. The minimum atomic E-state index is 0.0533. The van der Waals surface area contributed by atoms with Gasteiger partial charge in [-0.05, 0) is 63.3 Å². The van der Waals surface area contributed by atoms with Gasteiger partial charge in [-0.2, -0.15) is 0 Å². The van der Waals surface area contributed by atoms with Crippen LogP contribution in [0, 0.1) is 5.41 Å². The number of hydrogen-bond acceptors (Lipinski definition) is 6. The normalized spacial score (nSPS) is 24.8. The third kappa shape index (κ3) is 4.69. The Morgan fingerprint density at radius 3 is 2.62 bits per heavy atom. The molecule has 1 atom stereocenters. The molecule has 0 radical (unpaired) electrons. The highest BCUT2D eigenvalue weighted by atomic mass is 32.2. The first kappa shape index (κ1) is 18.1. The van der Waals surface area contributed by atoms with Crippen molar-refractivity contribution in [3.63, 3.8) is 0 Å². The Bertz CT molecular complexity index is 497. The SMILES string of the molecule is CSc1ncc(CN2CCC(CO)(CC3CCCCO3)CC2)cn1. The summed E-state index contributed by atoms with van der Waals surface area (Å²) in [7, 11) is 0. The molecule has 0 spiro atoms. The van der Waals surface area contributed by atoms with Crippen molar-refractivity contribution in [3.05, 3.63) is 18.0 Å². The van der Waals surface area contributed by atoms with E-state index < -0.39 is 0 Å². The molecule has 3 heterocycles. The molecule has 0 amide bonds. The van der Waals surface area contributed by atoms with Gasteiger partial charge in [0.15, 0.2) is 5.16 Å². The van der Waals surface area contributed by atoms with Crippen LogP contribution in [0.25, 0.3) is 0 Å². The van der Waals surface area contributed by atoms with Gasteiger partial charge in [0.2, 0.25) is 0 Å². The van der Waals surface area contributed by atoms with E-state index in [1.807, 2.05) is 18.6 Å². The van der Waals surface area contributed by atoms with Crippen molar-refractivity contribution in [1.29, 1.82) is 0 Å². The van der Waals surface area contributed by atoms with Gasteiger partial charge in [0.05, 0.1) is 6.10 Å². The fraction of sp³-hybridized carbons (Fsp3) is 0.778. The van der Waals surface area contributed by atoms with E-state index in [1.54, 1.807) is 11.8 Å². The number of ether oxygens (including phenoxy) is 1. The lowest BCUT2D eigenvalue weighted by molar-refractivity contribution is -0.0486. The van der Waals surface area contributed by atoms with Gasteiger partial charge in [-0.3, -0.25) is 4.90 Å². The lowest BCUT2D eigenvalue weighted by atomic mass is 9.74. The molecule has 24 heavy (non-hydrogen) atoms. The van der Waals surface area contributed by atoms with Crippen LogP contribution in [0.5, 0.6) is 0 Å². The number of nitrogens with zero attached hydrogens (tertiary/aromatic N) is 3. The first-order valence-corrected chi connectivity index (χ1v) is 10.3. The first-order chi connectivity index (χ1) is 11.7. The Morgan fingerprint density at radius 2 is 2.04 bits per heavy atom. The molecular formula is C18H29N3O2S. The van der Waals surface area contributed by atoms with Crippen LogP contribution in [0.4, 0.5) is 0 Å². The molecule has 0 aliphatic carbocycles. The summed E-state index contributed by atoms with van der Waals surface area (Å²) in [5.74, 6) is 0. The second-order valence-electron chi connectivity index (χ2n) is 7.20. The molecule has 134 valence electrons. The van der Waals surface area contributed by atoms with Gasteiger partial charge < -0.3 is 9.84 Å². The number of likely N-dealkylation sites (tertiary alicyclic amines) is 1. The summed E-state index contributed by atoms with van der Waals surface area (Å²) < 4.78 is 5.91. The molecule has 1 aromatic heterocycles. The highest BCUT2D eigenvalue weighted by Gasteiger charge is 2.36. The average Bonchev–Trinajstić information content (AvgIpc) is 2.65. The molecule has 5 nitrogen and oxygen atoms in total. The summed E-state index contributed by atoms with van der Waals surface area (Å²) in [6.45, 7) is 4.13. The Hall–Kier alpha value is -0.690. The highest BCUT2D eigenvalue weighted by Crippen LogP contribution is 2.38. The molecule has 0 aromatic carbocycles. The quantitative estimate of drug-likeness (QED) is 0.628. The predicted molar refractivity (Wildman–Crippen MR) is 96.1 cm³/mol. The Labute approximate surface area is 149 Å². The zero-order valence-electron chi connectivity index (χ0n) is 14.6. The van der Waals surface area contributed by atoms with Gasteiger partial charge in [0, 0.05) is 37.7 Å². The number of piperidine rings is 1. The maximum Gasteiger partial charge on any atom is 0.187 e. The van der Waals surface area contributed by atoms with Crippen molar-refractivity contribution in [2.75, 3.05) is 32.6 Å². The van der Waals surface area contributed by atoms with Crippen LogP contribution in [-0.2, 0) is 11.3 Å². The lowest BCUT2D eigenvalue weighted by Crippen LogP contribution is -2.44. The van der Waals surface area contributed by atoms with Crippen LogP contribution in [-0.4, -0.2) is 58.6 Å². The van der Waals surface area contributed by atoms with E-state index in [0.717, 1.165) is 57.1 Å². The van der Waals surface area contributed by atoms with Gasteiger partial charge in [0.1, 0.15) is 0 Å². The molecule has 1 unspecified atom stereocenters. The van der Waals surface area contributed by atoms with E-state index in [2.05, 4.69) is 14.9 Å². The zero-order valence-corrected chi connectivity index (χ0v) is 15.4. The summed E-state index contributed by atoms with van der Waals surface area (Å²) in [5, 5.41) is 10.8. The summed E-state index contributed by atoms with van der Waals surface area (Å²) in [5.41, 5.74) is 1.22. The van der Waals surface area contributed by atoms with Crippen molar-refractivity contribution in [2.45, 2.75) is 56.3 Å². The fourth-order valence-corrected chi connectivity index (χ4v) is 4.17. The summed E-state index contributed by atoms with van der Waals surface area (Å²) in [4.78, 5) is 11.2. The predicted octanol–water partition coefficient (Wildman–Crippen LogP) is 2.73. The molecule has 0 saturated carbocycles. The van der Waals surface area contributed by atoms with Gasteiger partial charge in [-0.15, -0.1) is 0 Å². The summed E-state index contributed by atoms with van der Waals surface area (Å²) in [6, 6.07) is 0. The van der Waals surface area contributed by atoms with E-state index >= 15 is 0 Å².